The molecule has 0 bridgehead atoms. The largest absolute Gasteiger partial charge is 0.370 e. The zero-order valence-electron chi connectivity index (χ0n) is 10.6. The van der Waals surface area contributed by atoms with Crippen molar-refractivity contribution in [3.63, 3.8) is 0 Å². The van der Waals surface area contributed by atoms with E-state index in [1.54, 1.807) is 12.1 Å². The number of nitrogens with two attached hydrogens (primary N) is 1. The molecule has 0 radical (unpaired) electrons. The Kier molecular flexibility index (Phi) is 3.48. The van der Waals surface area contributed by atoms with Crippen molar-refractivity contribution in [3.05, 3.63) is 34.1 Å². The first-order valence-corrected chi connectivity index (χ1v) is 7.49. The second-order valence-electron chi connectivity index (χ2n) is 5.23. The molecule has 1 atom stereocenters. The van der Waals surface area contributed by atoms with Crippen LogP contribution in [0.4, 0.5) is 4.39 Å². The summed E-state index contributed by atoms with van der Waals surface area (Å²) < 4.78 is 14.4. The molecule has 2 N–H and O–H groups in total. The van der Waals surface area contributed by atoms with Crippen molar-refractivity contribution in [2.45, 2.75) is 37.8 Å². The summed E-state index contributed by atoms with van der Waals surface area (Å²) in [4.78, 5) is 6.55. The predicted molar refractivity (Wildman–Crippen MR) is 77.4 cm³/mol. The van der Waals surface area contributed by atoms with E-state index in [0.717, 1.165) is 22.9 Å². The Hall–Kier alpha value is -1.10. The molecule has 1 aromatic carbocycles. The van der Waals surface area contributed by atoms with E-state index in [1.807, 2.05) is 0 Å². The molecule has 0 amide bonds. The highest BCUT2D eigenvalue weighted by Crippen LogP contribution is 2.36. The van der Waals surface area contributed by atoms with Crippen LogP contribution < -0.4 is 5.73 Å². The summed E-state index contributed by atoms with van der Waals surface area (Å²) in [6, 6.07) is 5.32. The Morgan fingerprint density at radius 1 is 1.32 bits per heavy atom. The van der Waals surface area contributed by atoms with Crippen LogP contribution in [0.2, 0.25) is 0 Å². The minimum absolute atomic E-state index is 0.0631. The fourth-order valence-corrected chi connectivity index (χ4v) is 3.66. The van der Waals surface area contributed by atoms with E-state index in [-0.39, 0.29) is 11.9 Å². The summed E-state index contributed by atoms with van der Waals surface area (Å²) >= 11 is 3.51. The van der Waals surface area contributed by atoms with Crippen molar-refractivity contribution in [1.82, 2.24) is 4.90 Å². The lowest BCUT2D eigenvalue weighted by Crippen LogP contribution is -2.42. The Bertz CT molecular complexity index is 511. The first-order valence-electron chi connectivity index (χ1n) is 6.70. The van der Waals surface area contributed by atoms with Crippen LogP contribution in [0.5, 0.6) is 0 Å². The van der Waals surface area contributed by atoms with Crippen molar-refractivity contribution < 1.29 is 4.39 Å². The van der Waals surface area contributed by atoms with Gasteiger partial charge in [0, 0.05) is 10.5 Å². The highest BCUT2D eigenvalue weighted by Gasteiger charge is 2.35. The number of aliphatic imine (C=N–C) groups is 1. The molecular formula is C14H17BrFN3. The molecule has 1 fully saturated rings. The zero-order chi connectivity index (χ0) is 13.4. The van der Waals surface area contributed by atoms with Crippen molar-refractivity contribution in [3.8, 4) is 0 Å². The van der Waals surface area contributed by atoms with Gasteiger partial charge in [0.25, 0.3) is 0 Å². The molecule has 3 nitrogen and oxygen atoms in total. The quantitative estimate of drug-likeness (QED) is 0.907. The highest BCUT2D eigenvalue weighted by atomic mass is 79.9. The van der Waals surface area contributed by atoms with Gasteiger partial charge < -0.3 is 10.6 Å². The van der Waals surface area contributed by atoms with Gasteiger partial charge in [-0.05, 0) is 36.6 Å². The number of rotatable bonds is 2. The molecule has 0 aromatic heterocycles. The van der Waals surface area contributed by atoms with E-state index in [2.05, 4.69) is 25.8 Å². The normalized spacial score (nSPS) is 24.0. The third-order valence-electron chi connectivity index (χ3n) is 4.06. The molecule has 1 aliphatic heterocycles. The smallest absolute Gasteiger partial charge is 0.192 e. The highest BCUT2D eigenvalue weighted by molar-refractivity contribution is 9.10. The lowest BCUT2D eigenvalue weighted by Gasteiger charge is -2.32. The molecule has 1 heterocycles. The van der Waals surface area contributed by atoms with Crippen LogP contribution in [0, 0.1) is 5.82 Å². The molecular weight excluding hydrogens is 309 g/mol. The van der Waals surface area contributed by atoms with Gasteiger partial charge in [-0.15, -0.1) is 0 Å². The Labute approximate surface area is 120 Å². The summed E-state index contributed by atoms with van der Waals surface area (Å²) in [5, 5.41) is 0. The Balaban J connectivity index is 1.93. The van der Waals surface area contributed by atoms with E-state index < -0.39 is 0 Å². The summed E-state index contributed by atoms with van der Waals surface area (Å²) in [5.41, 5.74) is 6.98. The molecule has 2 aliphatic rings. The van der Waals surface area contributed by atoms with E-state index in [0.29, 0.717) is 18.5 Å². The second kappa shape index (κ2) is 5.12. The van der Waals surface area contributed by atoms with Crippen LogP contribution in [-0.4, -0.2) is 23.4 Å². The maximum atomic E-state index is 13.5. The number of benzene rings is 1. The van der Waals surface area contributed by atoms with Gasteiger partial charge in [-0.1, -0.05) is 28.8 Å². The summed E-state index contributed by atoms with van der Waals surface area (Å²) in [6.07, 6.45) is 4.79. The third-order valence-corrected chi connectivity index (χ3v) is 4.78. The van der Waals surface area contributed by atoms with Crippen molar-refractivity contribution >= 4 is 21.9 Å². The number of halogens is 2. The average molecular weight is 326 g/mol. The van der Waals surface area contributed by atoms with Crippen molar-refractivity contribution in [2.75, 3.05) is 6.54 Å². The van der Waals surface area contributed by atoms with E-state index in [1.165, 1.54) is 18.9 Å². The molecule has 0 spiro atoms. The first-order chi connectivity index (χ1) is 9.16. The van der Waals surface area contributed by atoms with Gasteiger partial charge in [-0.3, -0.25) is 4.99 Å². The lowest BCUT2D eigenvalue weighted by molar-refractivity contribution is 0.261. The van der Waals surface area contributed by atoms with Crippen molar-refractivity contribution in [1.29, 1.82) is 0 Å². The molecule has 1 aromatic rings. The molecule has 5 heteroatoms. The molecule has 19 heavy (non-hydrogen) atoms. The van der Waals surface area contributed by atoms with Crippen LogP contribution in [0.15, 0.2) is 27.7 Å². The number of hydrogen-bond donors (Lipinski definition) is 1. The van der Waals surface area contributed by atoms with Gasteiger partial charge in [-0.25, -0.2) is 4.39 Å². The van der Waals surface area contributed by atoms with E-state index >= 15 is 0 Å². The number of guanidine groups is 1. The van der Waals surface area contributed by atoms with Crippen LogP contribution in [0.1, 0.15) is 37.3 Å². The molecule has 0 saturated heterocycles. The first kappa shape index (κ1) is 12.9. The van der Waals surface area contributed by atoms with Gasteiger partial charge in [0.05, 0.1) is 12.6 Å². The fourth-order valence-electron chi connectivity index (χ4n) is 3.15. The van der Waals surface area contributed by atoms with E-state index in [4.69, 9.17) is 5.73 Å². The van der Waals surface area contributed by atoms with Crippen LogP contribution in [0.3, 0.4) is 0 Å². The summed E-state index contributed by atoms with van der Waals surface area (Å²) in [6.45, 7) is 0.615. The summed E-state index contributed by atoms with van der Waals surface area (Å²) in [7, 11) is 0. The van der Waals surface area contributed by atoms with Crippen LogP contribution >= 0.6 is 15.9 Å². The maximum Gasteiger partial charge on any atom is 0.192 e. The minimum Gasteiger partial charge on any atom is -0.370 e. The SMILES string of the molecule is NC1=NCC(c2cc(F)ccc2Br)N1C1CCCC1. The van der Waals surface area contributed by atoms with Gasteiger partial charge in [0.15, 0.2) is 5.96 Å². The minimum atomic E-state index is -0.213. The number of hydrogen-bond acceptors (Lipinski definition) is 3. The molecule has 102 valence electrons. The van der Waals surface area contributed by atoms with Gasteiger partial charge in [0.1, 0.15) is 5.82 Å². The third kappa shape index (κ3) is 2.36. The molecule has 1 saturated carbocycles. The standard InChI is InChI=1S/C14H17BrFN3/c15-12-6-5-9(16)7-11(12)13-8-18-14(17)19(13)10-3-1-2-4-10/h5-7,10,13H,1-4,8H2,(H2,17,18). The summed E-state index contributed by atoms with van der Waals surface area (Å²) in [5.74, 6) is 0.392. The fraction of sp³-hybridized carbons (Fsp3) is 0.500. The number of nitrogens with zero attached hydrogens (tertiary/aromatic N) is 2. The Morgan fingerprint density at radius 3 is 2.79 bits per heavy atom. The lowest BCUT2D eigenvalue weighted by atomic mass is 10.0. The zero-order valence-corrected chi connectivity index (χ0v) is 12.2. The van der Waals surface area contributed by atoms with Crippen molar-refractivity contribution in [2.24, 2.45) is 10.7 Å². The van der Waals surface area contributed by atoms with Gasteiger partial charge in [0.2, 0.25) is 0 Å². The van der Waals surface area contributed by atoms with E-state index in [9.17, 15) is 4.39 Å². The second-order valence-corrected chi connectivity index (χ2v) is 6.08. The molecule has 1 aliphatic carbocycles. The topological polar surface area (TPSA) is 41.6 Å². The average Bonchev–Trinajstić information content (AvgIpc) is 3.01. The maximum absolute atomic E-state index is 13.5. The predicted octanol–water partition coefficient (Wildman–Crippen LogP) is 3.20. The molecule has 3 rings (SSSR count). The molecule has 1 unspecified atom stereocenters. The van der Waals surface area contributed by atoms with Crippen LogP contribution in [-0.2, 0) is 0 Å². The monoisotopic (exact) mass is 325 g/mol. The van der Waals surface area contributed by atoms with Gasteiger partial charge >= 0.3 is 0 Å². The van der Waals surface area contributed by atoms with Gasteiger partial charge in [-0.2, -0.15) is 0 Å². The van der Waals surface area contributed by atoms with Crippen LogP contribution in [0.25, 0.3) is 0 Å². The Morgan fingerprint density at radius 2 is 2.05 bits per heavy atom.